The summed E-state index contributed by atoms with van der Waals surface area (Å²) < 4.78 is 68.5. The minimum atomic E-state index is -0.354. The molecule has 0 atom stereocenters. The van der Waals surface area contributed by atoms with Crippen LogP contribution in [0.5, 0.6) is 0 Å². The van der Waals surface area contributed by atoms with Gasteiger partial charge in [0, 0.05) is 38.2 Å². The van der Waals surface area contributed by atoms with Gasteiger partial charge in [-0.3, -0.25) is 0 Å². The van der Waals surface area contributed by atoms with E-state index in [4.69, 9.17) is 26.5 Å². The molecule has 3 heterocycles. The van der Waals surface area contributed by atoms with Gasteiger partial charge in [0.2, 0.25) is 0 Å². The summed E-state index contributed by atoms with van der Waals surface area (Å²) in [6, 6.07) is 46.8. The predicted molar refractivity (Wildman–Crippen MR) is 227 cm³/mol. The summed E-state index contributed by atoms with van der Waals surface area (Å²) >= 11 is 0. The largest absolute Gasteiger partial charge is 0.456 e. The van der Waals surface area contributed by atoms with Gasteiger partial charge < -0.3 is 8.83 Å². The number of hydrogen-bond donors (Lipinski definition) is 0. The first-order valence-electron chi connectivity index (χ1n) is 21.2. The van der Waals surface area contributed by atoms with Gasteiger partial charge >= 0.3 is 0 Å². The molecule has 0 bridgehead atoms. The molecule has 3 aromatic heterocycles. The molecule has 5 heteroatoms. The molecule has 0 radical (unpaired) electrons. The number of rotatable bonds is 6. The lowest BCUT2D eigenvalue weighted by atomic mass is 9.98. The van der Waals surface area contributed by atoms with E-state index in [1.54, 1.807) is 6.07 Å². The van der Waals surface area contributed by atoms with Crippen LogP contribution in [0.2, 0.25) is 0 Å². The van der Waals surface area contributed by atoms with Crippen molar-refractivity contribution in [1.82, 2.24) is 15.0 Å². The van der Waals surface area contributed by atoms with Crippen LogP contribution >= 0.6 is 0 Å². The first kappa shape index (κ1) is 26.2. The van der Waals surface area contributed by atoms with Crippen molar-refractivity contribution in [3.8, 4) is 67.5 Å². The van der Waals surface area contributed by atoms with Gasteiger partial charge in [-0.1, -0.05) is 133 Å². The zero-order valence-electron chi connectivity index (χ0n) is 35.6. The number of furan rings is 2. The summed E-state index contributed by atoms with van der Waals surface area (Å²) in [6.07, 6.45) is 0. The lowest BCUT2D eigenvalue weighted by molar-refractivity contribution is 0.668. The Morgan fingerprint density at radius 1 is 0.304 bits per heavy atom. The SMILES string of the molecule is [2H]c1c(-c2cccc(-c3ccccc3)c2)c([2H])c2c(oc3c([2H])c(-c4nc(-c5cccc(-c6ccccc6)c5)nc(-c5ccc6c(c5)oc5ccccc56)n4)c([2H])c([2H])c32)c1[2H]. The Kier molecular flexibility index (Phi) is 6.10. The normalized spacial score (nSPS) is 13.1. The standard InChI is InChI=1S/C51H31N3O2/c1-3-11-32(12-4-1)34-15-9-17-36(27-34)37-23-26-46-44(29-37)43-25-22-40(31-48(43)56-46)51-53-49(38-18-10-16-35(28-38)33-13-5-2-6-14-33)52-50(54-51)39-21-24-42-41-19-7-8-20-45(41)55-47(42)30-39/h1-31H/i22D,23D,25D,26D,29D,31D. The van der Waals surface area contributed by atoms with Crippen LogP contribution in [-0.2, 0) is 0 Å². The summed E-state index contributed by atoms with van der Waals surface area (Å²) in [6.45, 7) is 0. The minimum Gasteiger partial charge on any atom is -0.456 e. The van der Waals surface area contributed by atoms with Gasteiger partial charge in [0.25, 0.3) is 0 Å². The number of nitrogens with zero attached hydrogens (tertiary/aromatic N) is 3. The Morgan fingerprint density at radius 2 is 0.839 bits per heavy atom. The van der Waals surface area contributed by atoms with E-state index in [1.165, 1.54) is 0 Å². The third-order valence-electron chi connectivity index (χ3n) is 9.99. The summed E-state index contributed by atoms with van der Waals surface area (Å²) in [5.41, 5.74) is 6.87. The maximum absolute atomic E-state index is 9.57. The molecular formula is C51H31N3O2. The van der Waals surface area contributed by atoms with Crippen LogP contribution in [0.15, 0.2) is 197 Å². The molecule has 0 aliphatic heterocycles. The highest BCUT2D eigenvalue weighted by molar-refractivity contribution is 6.08. The molecule has 0 unspecified atom stereocenters. The summed E-state index contributed by atoms with van der Waals surface area (Å²) in [5.74, 6) is 0.517. The van der Waals surface area contributed by atoms with Gasteiger partial charge in [0.05, 0.1) is 8.22 Å². The molecule has 56 heavy (non-hydrogen) atoms. The topological polar surface area (TPSA) is 65.0 Å². The molecule has 0 aliphatic carbocycles. The molecule has 262 valence electrons. The average molecular weight is 724 g/mol. The van der Waals surface area contributed by atoms with Gasteiger partial charge in [-0.05, 0) is 87.9 Å². The van der Waals surface area contributed by atoms with Crippen LogP contribution < -0.4 is 0 Å². The Labute approximate surface area is 330 Å². The fourth-order valence-electron chi connectivity index (χ4n) is 7.21. The summed E-state index contributed by atoms with van der Waals surface area (Å²) in [4.78, 5) is 14.7. The van der Waals surface area contributed by atoms with Crippen LogP contribution in [0.4, 0.5) is 0 Å². The van der Waals surface area contributed by atoms with Crippen LogP contribution in [0.1, 0.15) is 8.22 Å². The van der Waals surface area contributed by atoms with E-state index in [-0.39, 0.29) is 86.8 Å². The highest BCUT2D eigenvalue weighted by Gasteiger charge is 2.17. The molecule has 5 nitrogen and oxygen atoms in total. The smallest absolute Gasteiger partial charge is 0.164 e. The molecule has 11 aromatic rings. The second-order valence-corrected chi connectivity index (χ2v) is 13.5. The highest BCUT2D eigenvalue weighted by Crippen LogP contribution is 2.37. The van der Waals surface area contributed by atoms with E-state index in [1.807, 2.05) is 146 Å². The molecule has 0 saturated heterocycles. The third kappa shape index (κ3) is 5.62. The van der Waals surface area contributed by atoms with Gasteiger partial charge in [0.15, 0.2) is 17.5 Å². The monoisotopic (exact) mass is 723 g/mol. The number of aromatic nitrogens is 3. The van der Waals surface area contributed by atoms with Crippen LogP contribution in [0.25, 0.3) is 111 Å². The highest BCUT2D eigenvalue weighted by atomic mass is 16.3. The Bertz CT molecular complexity index is 3610. The van der Waals surface area contributed by atoms with Gasteiger partial charge in [-0.15, -0.1) is 0 Å². The molecule has 0 fully saturated rings. The van der Waals surface area contributed by atoms with Crippen molar-refractivity contribution >= 4 is 43.9 Å². The van der Waals surface area contributed by atoms with Gasteiger partial charge in [-0.2, -0.15) is 0 Å². The fraction of sp³-hybridized carbons (Fsp3) is 0. The second kappa shape index (κ2) is 13.0. The number of hydrogen-bond acceptors (Lipinski definition) is 5. The molecule has 0 N–H and O–H groups in total. The molecular weight excluding hydrogens is 687 g/mol. The lowest BCUT2D eigenvalue weighted by Gasteiger charge is -2.10. The Morgan fingerprint density at radius 3 is 1.57 bits per heavy atom. The second-order valence-electron chi connectivity index (χ2n) is 13.5. The van der Waals surface area contributed by atoms with Crippen molar-refractivity contribution in [3.63, 3.8) is 0 Å². The van der Waals surface area contributed by atoms with Gasteiger partial charge in [-0.25, -0.2) is 15.0 Å². The summed E-state index contributed by atoms with van der Waals surface area (Å²) in [7, 11) is 0. The number of para-hydroxylation sites is 1. The van der Waals surface area contributed by atoms with E-state index in [9.17, 15) is 5.48 Å². The van der Waals surface area contributed by atoms with E-state index in [0.29, 0.717) is 22.3 Å². The molecule has 0 spiro atoms. The summed E-state index contributed by atoms with van der Waals surface area (Å²) in [5, 5.41) is 2.03. The number of benzene rings is 8. The van der Waals surface area contributed by atoms with E-state index in [0.717, 1.165) is 38.6 Å². The minimum absolute atomic E-state index is 0.0255. The van der Waals surface area contributed by atoms with Crippen molar-refractivity contribution in [2.45, 2.75) is 0 Å². The van der Waals surface area contributed by atoms with Crippen molar-refractivity contribution in [1.29, 1.82) is 0 Å². The van der Waals surface area contributed by atoms with Crippen LogP contribution in [-0.4, -0.2) is 15.0 Å². The van der Waals surface area contributed by atoms with E-state index in [2.05, 4.69) is 0 Å². The molecule has 8 aromatic carbocycles. The van der Waals surface area contributed by atoms with Crippen molar-refractivity contribution in [2.75, 3.05) is 0 Å². The fourth-order valence-corrected chi connectivity index (χ4v) is 7.21. The maximum Gasteiger partial charge on any atom is 0.164 e. The van der Waals surface area contributed by atoms with E-state index < -0.39 is 0 Å². The Hall–Kier alpha value is -7.63. The van der Waals surface area contributed by atoms with Crippen molar-refractivity contribution in [3.05, 3.63) is 188 Å². The average Bonchev–Trinajstić information content (AvgIpc) is 3.91. The molecule has 0 aliphatic rings. The van der Waals surface area contributed by atoms with Crippen molar-refractivity contribution in [2.24, 2.45) is 0 Å². The molecule has 0 amide bonds. The third-order valence-corrected chi connectivity index (χ3v) is 9.99. The number of fused-ring (bicyclic) bond motifs is 6. The quantitative estimate of drug-likeness (QED) is 0.171. The van der Waals surface area contributed by atoms with Gasteiger partial charge in [0.1, 0.15) is 22.3 Å². The van der Waals surface area contributed by atoms with Crippen molar-refractivity contribution < 1.29 is 17.1 Å². The van der Waals surface area contributed by atoms with E-state index >= 15 is 0 Å². The Balaban J connectivity index is 1.12. The molecule has 11 rings (SSSR count). The maximum atomic E-state index is 9.57. The first-order valence-corrected chi connectivity index (χ1v) is 18.2. The lowest BCUT2D eigenvalue weighted by Crippen LogP contribution is -2.00. The first-order chi connectivity index (χ1) is 30.2. The molecule has 0 saturated carbocycles. The van der Waals surface area contributed by atoms with Crippen LogP contribution in [0.3, 0.4) is 0 Å². The zero-order valence-corrected chi connectivity index (χ0v) is 29.6. The zero-order chi connectivity index (χ0) is 42.2. The predicted octanol–water partition coefficient (Wildman–Crippen LogP) is 13.7. The van der Waals surface area contributed by atoms with Crippen LogP contribution in [0, 0.1) is 0 Å².